The van der Waals surface area contributed by atoms with E-state index in [0.29, 0.717) is 22.5 Å². The fourth-order valence-corrected chi connectivity index (χ4v) is 3.72. The normalized spacial score (nSPS) is 12.8. The maximum atomic E-state index is 12.9. The third kappa shape index (κ3) is 3.90. The first-order valence-corrected chi connectivity index (χ1v) is 9.77. The number of imide groups is 1. The second kappa shape index (κ2) is 7.89. The minimum atomic E-state index is -0.388. The number of hydrogen-bond donors (Lipinski definition) is 1. The number of nitrogens with one attached hydrogen (secondary N) is 1. The number of amides is 3. The molecule has 3 aromatic carbocycles. The molecule has 1 aliphatic heterocycles. The molecule has 0 unspecified atom stereocenters. The van der Waals surface area contributed by atoms with Crippen molar-refractivity contribution in [1.29, 1.82) is 0 Å². The van der Waals surface area contributed by atoms with E-state index < -0.39 is 0 Å². The molecule has 0 saturated carbocycles. The van der Waals surface area contributed by atoms with E-state index in [1.807, 2.05) is 0 Å². The summed E-state index contributed by atoms with van der Waals surface area (Å²) in [5.74, 6) is -1.22. The Morgan fingerprint density at radius 3 is 2.21 bits per heavy atom. The monoisotopic (exact) mass is 406 g/mol. The molecule has 29 heavy (non-hydrogen) atoms. The molecule has 5 nitrogen and oxygen atoms in total. The fraction of sp³-hybridized carbons (Fsp3) is 0.0455. The third-order valence-corrected chi connectivity index (χ3v) is 5.38. The lowest BCUT2D eigenvalue weighted by atomic mass is 10.1. The molecule has 3 aromatic rings. The van der Waals surface area contributed by atoms with Crippen LogP contribution in [0.2, 0.25) is 0 Å². The van der Waals surface area contributed by atoms with Gasteiger partial charge in [-0.3, -0.25) is 14.4 Å². The Morgan fingerprint density at radius 2 is 1.55 bits per heavy atom. The number of halogens is 1. The highest BCUT2D eigenvalue weighted by molar-refractivity contribution is 8.00. The molecule has 0 aromatic heterocycles. The highest BCUT2D eigenvalue weighted by atomic mass is 32.2. The lowest BCUT2D eigenvalue weighted by molar-refractivity contribution is -0.113. The van der Waals surface area contributed by atoms with Gasteiger partial charge in [0.1, 0.15) is 5.82 Å². The van der Waals surface area contributed by atoms with E-state index in [2.05, 4.69) is 5.32 Å². The van der Waals surface area contributed by atoms with Crippen LogP contribution in [0.5, 0.6) is 0 Å². The van der Waals surface area contributed by atoms with Gasteiger partial charge in [-0.25, -0.2) is 9.29 Å². The summed E-state index contributed by atoms with van der Waals surface area (Å²) in [7, 11) is 0. The van der Waals surface area contributed by atoms with Crippen LogP contribution in [0.1, 0.15) is 20.7 Å². The van der Waals surface area contributed by atoms with Gasteiger partial charge in [0.2, 0.25) is 5.91 Å². The molecule has 0 bridgehead atoms. The molecule has 1 heterocycles. The van der Waals surface area contributed by atoms with E-state index in [4.69, 9.17) is 0 Å². The van der Waals surface area contributed by atoms with Crippen LogP contribution in [0.25, 0.3) is 0 Å². The van der Waals surface area contributed by atoms with Gasteiger partial charge >= 0.3 is 0 Å². The number of fused-ring (bicyclic) bond motifs is 1. The third-order valence-electron chi connectivity index (χ3n) is 4.37. The molecule has 1 N–H and O–H groups in total. The molecule has 144 valence electrons. The van der Waals surface area contributed by atoms with Crippen molar-refractivity contribution in [2.45, 2.75) is 4.90 Å². The first kappa shape index (κ1) is 18.9. The van der Waals surface area contributed by atoms with Gasteiger partial charge in [-0.2, -0.15) is 0 Å². The van der Waals surface area contributed by atoms with Gasteiger partial charge in [-0.15, -0.1) is 11.8 Å². The van der Waals surface area contributed by atoms with Crippen LogP contribution in [0.3, 0.4) is 0 Å². The van der Waals surface area contributed by atoms with Crippen LogP contribution >= 0.6 is 11.8 Å². The fourth-order valence-electron chi connectivity index (χ4n) is 3.02. The number of nitrogens with zero attached hydrogens (tertiary/aromatic N) is 1. The molecule has 0 atom stereocenters. The molecule has 1 aliphatic rings. The van der Waals surface area contributed by atoms with E-state index in [9.17, 15) is 18.8 Å². The highest BCUT2D eigenvalue weighted by Gasteiger charge is 2.36. The second-order valence-corrected chi connectivity index (χ2v) is 7.38. The SMILES string of the molecule is O=C(CSc1ccc(F)cc1)Nc1cccc(N2C(=O)c3ccccc3C2=O)c1. The number of rotatable bonds is 5. The molecule has 3 amide bonds. The zero-order chi connectivity index (χ0) is 20.4. The van der Waals surface area contributed by atoms with E-state index in [0.717, 1.165) is 9.80 Å². The number of hydrogen-bond acceptors (Lipinski definition) is 4. The number of thioether (sulfide) groups is 1. The van der Waals surface area contributed by atoms with Gasteiger partial charge in [0, 0.05) is 10.6 Å². The van der Waals surface area contributed by atoms with Gasteiger partial charge in [0.05, 0.1) is 22.6 Å². The Hall–Kier alpha value is -3.45. The summed E-state index contributed by atoms with van der Waals surface area (Å²) in [5.41, 5.74) is 1.59. The Labute approximate surface area is 170 Å². The summed E-state index contributed by atoms with van der Waals surface area (Å²) in [6.45, 7) is 0. The number of carbonyl (C=O) groups is 3. The van der Waals surface area contributed by atoms with E-state index in [1.54, 1.807) is 60.7 Å². The maximum Gasteiger partial charge on any atom is 0.266 e. The van der Waals surface area contributed by atoms with Gasteiger partial charge in [-0.05, 0) is 54.6 Å². The zero-order valence-electron chi connectivity index (χ0n) is 15.1. The molecule has 7 heteroatoms. The van der Waals surface area contributed by atoms with Crippen LogP contribution in [-0.4, -0.2) is 23.5 Å². The van der Waals surface area contributed by atoms with Crippen LogP contribution in [-0.2, 0) is 4.79 Å². The van der Waals surface area contributed by atoms with E-state index in [1.165, 1.54) is 23.9 Å². The predicted molar refractivity (Wildman–Crippen MR) is 110 cm³/mol. The Kier molecular flexibility index (Phi) is 5.14. The predicted octanol–water partition coefficient (Wildman–Crippen LogP) is 4.36. The van der Waals surface area contributed by atoms with Crippen molar-refractivity contribution >= 4 is 40.9 Å². The highest BCUT2D eigenvalue weighted by Crippen LogP contribution is 2.29. The van der Waals surface area contributed by atoms with E-state index in [-0.39, 0.29) is 29.3 Å². The Balaban J connectivity index is 1.45. The van der Waals surface area contributed by atoms with Crippen molar-refractivity contribution < 1.29 is 18.8 Å². The van der Waals surface area contributed by atoms with Crippen molar-refractivity contribution in [3.63, 3.8) is 0 Å². The van der Waals surface area contributed by atoms with Gasteiger partial charge < -0.3 is 5.32 Å². The minimum absolute atomic E-state index is 0.142. The first-order valence-electron chi connectivity index (χ1n) is 8.79. The van der Waals surface area contributed by atoms with Crippen molar-refractivity contribution in [2.24, 2.45) is 0 Å². The van der Waals surface area contributed by atoms with Crippen LogP contribution in [0.15, 0.2) is 77.7 Å². The average Bonchev–Trinajstić information content (AvgIpc) is 2.98. The van der Waals surface area contributed by atoms with Crippen molar-refractivity contribution in [1.82, 2.24) is 0 Å². The molecular weight excluding hydrogens is 391 g/mol. The standard InChI is InChI=1S/C22H15FN2O3S/c23-14-8-10-17(11-9-14)29-13-20(26)24-15-4-3-5-16(12-15)25-21(27)18-6-1-2-7-19(18)22(25)28/h1-12H,13H2,(H,24,26). The lowest BCUT2D eigenvalue weighted by Crippen LogP contribution is -2.29. The number of carbonyl (C=O) groups excluding carboxylic acids is 3. The van der Waals surface area contributed by atoms with Gasteiger partial charge in [0.15, 0.2) is 0 Å². The molecule has 0 radical (unpaired) electrons. The van der Waals surface area contributed by atoms with Crippen LogP contribution < -0.4 is 10.2 Å². The van der Waals surface area contributed by atoms with Crippen molar-refractivity contribution in [3.05, 3.63) is 89.7 Å². The van der Waals surface area contributed by atoms with Gasteiger partial charge in [-0.1, -0.05) is 18.2 Å². The second-order valence-electron chi connectivity index (χ2n) is 6.33. The van der Waals surface area contributed by atoms with Crippen LogP contribution in [0, 0.1) is 5.82 Å². The Bertz CT molecular complexity index is 1080. The lowest BCUT2D eigenvalue weighted by Gasteiger charge is -2.15. The maximum absolute atomic E-state index is 12.9. The average molecular weight is 406 g/mol. The smallest absolute Gasteiger partial charge is 0.266 e. The largest absolute Gasteiger partial charge is 0.325 e. The topological polar surface area (TPSA) is 66.5 Å². The van der Waals surface area contributed by atoms with Crippen molar-refractivity contribution in [3.8, 4) is 0 Å². The van der Waals surface area contributed by atoms with Gasteiger partial charge in [0.25, 0.3) is 11.8 Å². The quantitative estimate of drug-likeness (QED) is 0.505. The van der Waals surface area contributed by atoms with Crippen LogP contribution in [0.4, 0.5) is 15.8 Å². The number of anilines is 2. The summed E-state index contributed by atoms with van der Waals surface area (Å²) in [6.07, 6.45) is 0. The molecule has 0 fully saturated rings. The van der Waals surface area contributed by atoms with Crippen molar-refractivity contribution in [2.75, 3.05) is 16.0 Å². The summed E-state index contributed by atoms with van der Waals surface area (Å²) in [4.78, 5) is 39.3. The molecular formula is C22H15FN2O3S. The molecule has 0 saturated heterocycles. The number of benzene rings is 3. The zero-order valence-corrected chi connectivity index (χ0v) is 15.9. The minimum Gasteiger partial charge on any atom is -0.325 e. The Morgan fingerprint density at radius 1 is 0.897 bits per heavy atom. The molecule has 4 rings (SSSR count). The summed E-state index contributed by atoms with van der Waals surface area (Å²) >= 11 is 1.28. The molecule has 0 spiro atoms. The molecule has 0 aliphatic carbocycles. The first-order chi connectivity index (χ1) is 14.0. The summed E-state index contributed by atoms with van der Waals surface area (Å²) in [5, 5.41) is 2.76. The summed E-state index contributed by atoms with van der Waals surface area (Å²) in [6, 6.07) is 19.1. The summed E-state index contributed by atoms with van der Waals surface area (Å²) < 4.78 is 12.9. The van der Waals surface area contributed by atoms with E-state index >= 15 is 0 Å².